The van der Waals surface area contributed by atoms with Gasteiger partial charge in [0.2, 0.25) is 11.8 Å². The topological polar surface area (TPSA) is 84.3 Å². The predicted octanol–water partition coefficient (Wildman–Crippen LogP) is 4.26. The number of thiophene rings is 1. The number of halogens is 2. The molecule has 164 valence electrons. The third-order valence-corrected chi connectivity index (χ3v) is 6.76. The summed E-state index contributed by atoms with van der Waals surface area (Å²) >= 11 is 13.6. The van der Waals surface area contributed by atoms with Crippen LogP contribution in [0, 0.1) is 13.8 Å². The summed E-state index contributed by atoms with van der Waals surface area (Å²) in [5.41, 5.74) is 1.07. The monoisotopic (exact) mass is 480 g/mol. The second-order valence-corrected chi connectivity index (χ2v) is 9.03. The predicted molar refractivity (Wildman–Crippen MR) is 125 cm³/mol. The maximum Gasteiger partial charge on any atom is 0.262 e. The van der Waals surface area contributed by atoms with Gasteiger partial charge in [0.05, 0.1) is 34.0 Å². The van der Waals surface area contributed by atoms with Crippen molar-refractivity contribution in [1.29, 1.82) is 0 Å². The highest BCUT2D eigenvalue weighted by Gasteiger charge is 2.18. The van der Waals surface area contributed by atoms with Crippen molar-refractivity contribution in [3.8, 4) is 0 Å². The molecule has 3 rings (SSSR count). The Bertz CT molecular complexity index is 1190. The van der Waals surface area contributed by atoms with Crippen LogP contribution < -0.4 is 10.9 Å². The van der Waals surface area contributed by atoms with E-state index >= 15 is 0 Å². The van der Waals surface area contributed by atoms with Crippen molar-refractivity contribution in [2.75, 3.05) is 18.4 Å². The van der Waals surface area contributed by atoms with E-state index in [0.29, 0.717) is 32.5 Å². The van der Waals surface area contributed by atoms with Crippen LogP contribution in [0.3, 0.4) is 0 Å². The van der Waals surface area contributed by atoms with Gasteiger partial charge in [0.1, 0.15) is 4.83 Å². The molecule has 2 heterocycles. The number of carbonyl (C=O) groups excluding carboxylic acids is 2. The Morgan fingerprint density at radius 3 is 2.55 bits per heavy atom. The van der Waals surface area contributed by atoms with E-state index in [1.807, 2.05) is 13.8 Å². The Morgan fingerprint density at radius 2 is 1.90 bits per heavy atom. The van der Waals surface area contributed by atoms with Crippen LogP contribution in [0.5, 0.6) is 0 Å². The fourth-order valence-corrected chi connectivity index (χ4v) is 4.63. The fourth-order valence-electron chi connectivity index (χ4n) is 3.15. The molecule has 10 heteroatoms. The number of hydrogen-bond acceptors (Lipinski definition) is 5. The van der Waals surface area contributed by atoms with Gasteiger partial charge in [0.25, 0.3) is 5.56 Å². The van der Waals surface area contributed by atoms with Gasteiger partial charge in [-0.05, 0) is 38.5 Å². The number of aryl methyl sites for hydroxylation is 3. The summed E-state index contributed by atoms with van der Waals surface area (Å²) in [5.74, 6) is -0.650. The minimum atomic E-state index is -0.408. The summed E-state index contributed by atoms with van der Waals surface area (Å²) in [5, 5.41) is 3.88. The highest BCUT2D eigenvalue weighted by atomic mass is 35.5. The maximum atomic E-state index is 12.8. The van der Waals surface area contributed by atoms with Gasteiger partial charge < -0.3 is 10.2 Å². The van der Waals surface area contributed by atoms with Gasteiger partial charge in [-0.25, -0.2) is 4.98 Å². The number of nitrogens with one attached hydrogen (secondary N) is 1. The summed E-state index contributed by atoms with van der Waals surface area (Å²) in [6.45, 7) is 6.02. The van der Waals surface area contributed by atoms with Gasteiger partial charge in [-0.3, -0.25) is 19.0 Å². The molecule has 0 saturated heterocycles. The summed E-state index contributed by atoms with van der Waals surface area (Å²) in [6.07, 6.45) is 1.54. The molecule has 0 saturated carbocycles. The number of anilines is 1. The molecule has 1 N–H and O–H groups in total. The van der Waals surface area contributed by atoms with Crippen molar-refractivity contribution in [3.05, 3.63) is 55.4 Å². The zero-order valence-corrected chi connectivity index (χ0v) is 19.7. The van der Waals surface area contributed by atoms with Crippen molar-refractivity contribution in [2.24, 2.45) is 0 Å². The first-order valence-corrected chi connectivity index (χ1v) is 11.3. The molecule has 3 aromatic rings. The van der Waals surface area contributed by atoms with Crippen molar-refractivity contribution < 1.29 is 9.59 Å². The fraction of sp³-hybridized carbons (Fsp3) is 0.333. The zero-order chi connectivity index (χ0) is 22.7. The molecule has 0 spiro atoms. The Labute approximate surface area is 193 Å². The molecule has 0 fully saturated rings. The molecule has 1 aromatic carbocycles. The number of aromatic nitrogens is 2. The molecule has 2 amide bonds. The molecule has 0 bridgehead atoms. The van der Waals surface area contributed by atoms with Gasteiger partial charge in [0, 0.05) is 24.4 Å². The van der Waals surface area contributed by atoms with Crippen LogP contribution in [-0.2, 0) is 16.1 Å². The van der Waals surface area contributed by atoms with E-state index in [9.17, 15) is 14.4 Å². The molecule has 0 atom stereocenters. The lowest BCUT2D eigenvalue weighted by Crippen LogP contribution is -2.38. The first-order valence-electron chi connectivity index (χ1n) is 9.69. The minimum absolute atomic E-state index is 0.0726. The van der Waals surface area contributed by atoms with Gasteiger partial charge in [-0.1, -0.05) is 29.3 Å². The molecule has 0 aliphatic rings. The van der Waals surface area contributed by atoms with Crippen molar-refractivity contribution in [1.82, 2.24) is 14.5 Å². The first kappa shape index (κ1) is 23.2. The lowest BCUT2D eigenvalue weighted by atomic mass is 10.2. The van der Waals surface area contributed by atoms with Crippen LogP contribution in [0.15, 0.2) is 29.3 Å². The molecule has 0 radical (unpaired) electrons. The number of rotatable bonds is 7. The Balaban J connectivity index is 1.66. The van der Waals surface area contributed by atoms with E-state index in [2.05, 4.69) is 10.3 Å². The number of nitrogens with zero attached hydrogens (tertiary/aromatic N) is 3. The summed E-state index contributed by atoms with van der Waals surface area (Å²) in [6, 6.07) is 4.91. The lowest BCUT2D eigenvalue weighted by Gasteiger charge is -2.21. The minimum Gasteiger partial charge on any atom is -0.334 e. The van der Waals surface area contributed by atoms with Crippen molar-refractivity contribution in [2.45, 2.75) is 33.7 Å². The van der Waals surface area contributed by atoms with Crippen LogP contribution in [0.2, 0.25) is 10.0 Å². The number of likely N-dealkylation sites (N-methyl/N-ethyl adjacent to an activating group) is 1. The molecule has 7 nitrogen and oxygen atoms in total. The number of carbonyl (C=O) groups is 2. The van der Waals surface area contributed by atoms with E-state index < -0.39 is 5.91 Å². The quantitative estimate of drug-likeness (QED) is 0.547. The van der Waals surface area contributed by atoms with Gasteiger partial charge in [-0.2, -0.15) is 0 Å². The smallest absolute Gasteiger partial charge is 0.262 e. The number of amides is 2. The third-order valence-electron chi connectivity index (χ3n) is 5.02. The average Bonchev–Trinajstić information content (AvgIpc) is 3.02. The summed E-state index contributed by atoms with van der Waals surface area (Å²) in [7, 11) is 0. The van der Waals surface area contributed by atoms with Gasteiger partial charge in [-0.15, -0.1) is 11.3 Å². The zero-order valence-electron chi connectivity index (χ0n) is 17.4. The molecule has 2 aromatic heterocycles. The van der Waals surface area contributed by atoms with Crippen molar-refractivity contribution in [3.63, 3.8) is 0 Å². The number of fused-ring (bicyclic) bond motifs is 1. The van der Waals surface area contributed by atoms with Gasteiger partial charge in [0.15, 0.2) is 0 Å². The Hall–Kier alpha value is -2.42. The second-order valence-electron chi connectivity index (χ2n) is 7.01. The van der Waals surface area contributed by atoms with E-state index in [1.165, 1.54) is 27.1 Å². The lowest BCUT2D eigenvalue weighted by molar-refractivity contribution is -0.134. The van der Waals surface area contributed by atoms with E-state index in [-0.39, 0.29) is 31.0 Å². The van der Waals surface area contributed by atoms with Gasteiger partial charge >= 0.3 is 0 Å². The summed E-state index contributed by atoms with van der Waals surface area (Å²) in [4.78, 5) is 45.4. The van der Waals surface area contributed by atoms with Crippen LogP contribution in [-0.4, -0.2) is 39.4 Å². The third kappa shape index (κ3) is 5.08. The Kier molecular flexibility index (Phi) is 7.35. The van der Waals surface area contributed by atoms with Crippen molar-refractivity contribution >= 4 is 62.3 Å². The Morgan fingerprint density at radius 1 is 1.23 bits per heavy atom. The maximum absolute atomic E-state index is 12.8. The first-order chi connectivity index (χ1) is 14.7. The van der Waals surface area contributed by atoms with Crippen LogP contribution >= 0.6 is 34.5 Å². The molecule has 0 unspecified atom stereocenters. The second kappa shape index (κ2) is 9.80. The highest BCUT2D eigenvalue weighted by molar-refractivity contribution is 7.18. The highest BCUT2D eigenvalue weighted by Crippen LogP contribution is 2.29. The molecule has 0 aliphatic heterocycles. The van der Waals surface area contributed by atoms with E-state index in [1.54, 1.807) is 25.1 Å². The van der Waals surface area contributed by atoms with Crippen LogP contribution in [0.25, 0.3) is 10.2 Å². The van der Waals surface area contributed by atoms with Crippen LogP contribution in [0.1, 0.15) is 23.8 Å². The van der Waals surface area contributed by atoms with E-state index in [4.69, 9.17) is 23.2 Å². The normalized spacial score (nSPS) is 11.0. The van der Waals surface area contributed by atoms with E-state index in [0.717, 1.165) is 10.4 Å². The standard InChI is InChI=1S/C21H22Cl2N4O3S/c1-4-26(10-16(28)25-19-14(22)6-5-7-15(19)23)17(29)8-9-27-11-24-20-18(21(27)30)12(2)13(3)31-20/h5-7,11H,4,8-10H2,1-3H3,(H,25,28). The summed E-state index contributed by atoms with van der Waals surface area (Å²) < 4.78 is 1.44. The number of para-hydroxylation sites is 1. The average molecular weight is 481 g/mol. The molecule has 0 aliphatic carbocycles. The number of hydrogen-bond donors (Lipinski definition) is 1. The van der Waals surface area contributed by atoms with Crippen LogP contribution in [0.4, 0.5) is 5.69 Å². The largest absolute Gasteiger partial charge is 0.334 e. The molecular formula is C21H22Cl2N4O3S. The molecule has 31 heavy (non-hydrogen) atoms. The SMILES string of the molecule is CCN(CC(=O)Nc1c(Cl)cccc1Cl)C(=O)CCn1cnc2sc(C)c(C)c2c1=O. The molecular weight excluding hydrogens is 459 g/mol. The number of benzene rings is 1.